The smallest absolute Gasteiger partial charge is 0.317 e. The highest BCUT2D eigenvalue weighted by atomic mass is 28.3. The van der Waals surface area contributed by atoms with E-state index in [1.165, 1.54) is 12.3 Å². The van der Waals surface area contributed by atoms with Gasteiger partial charge < -0.3 is 9.64 Å². The summed E-state index contributed by atoms with van der Waals surface area (Å²) in [5.74, 6) is 2.52. The molecule has 0 radical (unpaired) electrons. The number of pyridine rings is 2. The summed E-state index contributed by atoms with van der Waals surface area (Å²) in [5, 5.41) is 6.09. The number of halogens is 3. The van der Waals surface area contributed by atoms with Crippen molar-refractivity contribution in [1.82, 2.24) is 34.6 Å². The Balaban J connectivity index is 1.31. The zero-order valence-corrected chi connectivity index (χ0v) is 35.1. The number of hydrogen-bond acceptors (Lipinski definition) is 8. The topological polar surface area (TPSA) is 85.1 Å². The first kappa shape index (κ1) is 39.5. The quantitative estimate of drug-likeness (QED) is 0.100. The van der Waals surface area contributed by atoms with Gasteiger partial charge in [-0.15, -0.1) is 5.54 Å². The summed E-state index contributed by atoms with van der Waals surface area (Å²) in [4.78, 5) is 22.3. The third-order valence-electron chi connectivity index (χ3n) is 12.6. The molecular weight excluding hydrogens is 754 g/mol. The van der Waals surface area contributed by atoms with Gasteiger partial charge in [0.1, 0.15) is 43.7 Å². The summed E-state index contributed by atoms with van der Waals surface area (Å²) in [6.07, 6.45) is 9.64. The third-order valence-corrected chi connectivity index (χ3v) is 18.9. The number of anilines is 2. The van der Waals surface area contributed by atoms with Gasteiger partial charge in [-0.25, -0.2) is 27.8 Å². The number of ether oxygens (including phenoxy) is 1. The van der Waals surface area contributed by atoms with Crippen molar-refractivity contribution in [2.24, 2.45) is 0 Å². The van der Waals surface area contributed by atoms with Crippen molar-refractivity contribution in [3.05, 3.63) is 90.6 Å². The summed E-state index contributed by atoms with van der Waals surface area (Å²) in [6.45, 7) is 14.7. The van der Waals surface area contributed by atoms with Crippen molar-refractivity contribution in [2.75, 3.05) is 31.6 Å². The molecule has 2 aromatic carbocycles. The third kappa shape index (κ3) is 6.79. The van der Waals surface area contributed by atoms with Crippen LogP contribution in [0.15, 0.2) is 73.4 Å². The number of nitrogens with zero attached hydrogens (tertiary/aromatic N) is 8. The van der Waals surface area contributed by atoms with Crippen LogP contribution in [0, 0.1) is 23.1 Å². The Morgan fingerprint density at radius 3 is 2.48 bits per heavy atom. The first-order valence-electron chi connectivity index (χ1n) is 20.1. The summed E-state index contributed by atoms with van der Waals surface area (Å²) in [5.41, 5.74) is 6.29. The highest BCUT2D eigenvalue weighted by molar-refractivity contribution is 6.90. The molecule has 2 atom stereocenters. The van der Waals surface area contributed by atoms with Crippen LogP contribution in [0.3, 0.4) is 0 Å². The van der Waals surface area contributed by atoms with Crippen molar-refractivity contribution >= 4 is 41.3 Å². The molecule has 0 bridgehead atoms. The fraction of sp³-hybridized carbons (Fsp3) is 0.400. The van der Waals surface area contributed by atoms with E-state index >= 15 is 8.78 Å². The Hall–Kier alpha value is -5.32. The minimum Gasteiger partial charge on any atom is -0.461 e. The number of hydrogen-bond donors (Lipinski definition) is 0. The maximum absolute atomic E-state index is 17.4. The number of alkyl halides is 1. The van der Waals surface area contributed by atoms with Crippen LogP contribution in [0.5, 0.6) is 6.01 Å². The molecule has 2 saturated heterocycles. The second-order valence-electron chi connectivity index (χ2n) is 16.8. The minimum absolute atomic E-state index is 0.0131. The molecule has 2 fully saturated rings. The van der Waals surface area contributed by atoms with E-state index in [9.17, 15) is 4.39 Å². The van der Waals surface area contributed by atoms with E-state index in [1.54, 1.807) is 40.3 Å². The lowest BCUT2D eigenvalue weighted by Crippen LogP contribution is -2.43. The van der Waals surface area contributed by atoms with Gasteiger partial charge in [0.05, 0.1) is 40.3 Å². The van der Waals surface area contributed by atoms with Gasteiger partial charge >= 0.3 is 6.01 Å². The van der Waals surface area contributed by atoms with Crippen LogP contribution in [-0.2, 0) is 0 Å². The Morgan fingerprint density at radius 2 is 1.74 bits per heavy atom. The van der Waals surface area contributed by atoms with Gasteiger partial charge in [-0.2, -0.15) is 10.1 Å². The number of aromatic nitrogens is 6. The van der Waals surface area contributed by atoms with Gasteiger partial charge in [-0.1, -0.05) is 71.7 Å². The first-order valence-corrected chi connectivity index (χ1v) is 22.4. The van der Waals surface area contributed by atoms with Gasteiger partial charge in [0.15, 0.2) is 5.82 Å². The molecular formula is C45H49F3N8OSi. The van der Waals surface area contributed by atoms with E-state index in [2.05, 4.69) is 78.0 Å². The van der Waals surface area contributed by atoms with E-state index in [1.807, 2.05) is 37.5 Å². The second kappa shape index (κ2) is 15.5. The minimum atomic E-state index is -2.28. The lowest BCUT2D eigenvalue weighted by molar-refractivity contribution is 0.107. The van der Waals surface area contributed by atoms with Crippen LogP contribution >= 0.6 is 0 Å². The van der Waals surface area contributed by atoms with Crippen LogP contribution in [0.2, 0.25) is 16.6 Å². The fourth-order valence-corrected chi connectivity index (χ4v) is 14.9. The van der Waals surface area contributed by atoms with Crippen LogP contribution in [0.25, 0.3) is 38.6 Å². The molecule has 13 heteroatoms. The van der Waals surface area contributed by atoms with Crippen molar-refractivity contribution in [2.45, 2.75) is 89.1 Å². The molecule has 4 aromatic heterocycles. The van der Waals surface area contributed by atoms with Crippen molar-refractivity contribution in [3.63, 3.8) is 0 Å². The van der Waals surface area contributed by atoms with Gasteiger partial charge in [-0.3, -0.25) is 9.88 Å². The van der Waals surface area contributed by atoms with Crippen LogP contribution in [0.4, 0.5) is 24.7 Å². The van der Waals surface area contributed by atoms with Gasteiger partial charge in [0.25, 0.3) is 0 Å². The van der Waals surface area contributed by atoms with E-state index < -0.39 is 31.4 Å². The molecule has 58 heavy (non-hydrogen) atoms. The molecule has 2 aliphatic rings. The predicted octanol–water partition coefficient (Wildman–Crippen LogP) is 10.00. The summed E-state index contributed by atoms with van der Waals surface area (Å²) >= 11 is 0. The van der Waals surface area contributed by atoms with E-state index in [-0.39, 0.29) is 29.4 Å². The molecule has 0 saturated carbocycles. The summed E-state index contributed by atoms with van der Waals surface area (Å²) in [6, 6.07) is 12.3. The van der Waals surface area contributed by atoms with E-state index in [0.29, 0.717) is 62.8 Å². The van der Waals surface area contributed by atoms with Gasteiger partial charge in [0, 0.05) is 49.6 Å². The lowest BCUT2D eigenvalue weighted by atomic mass is 9.95. The molecule has 6 heterocycles. The maximum Gasteiger partial charge on any atom is 0.317 e. The van der Waals surface area contributed by atoms with Crippen molar-refractivity contribution < 1.29 is 17.9 Å². The van der Waals surface area contributed by atoms with Crippen molar-refractivity contribution in [3.8, 4) is 34.4 Å². The number of rotatable bonds is 10. The zero-order chi connectivity index (χ0) is 40.9. The molecule has 0 unspecified atom stereocenters. The highest BCUT2D eigenvalue weighted by Gasteiger charge is 2.49. The summed E-state index contributed by atoms with van der Waals surface area (Å²) in [7, 11) is -0.459. The summed E-state index contributed by atoms with van der Waals surface area (Å²) < 4.78 is 56.2. The molecule has 0 spiro atoms. The maximum atomic E-state index is 17.4. The van der Waals surface area contributed by atoms with Crippen LogP contribution in [-0.4, -0.2) is 81.1 Å². The SMILES string of the molecule is CC(C)[Si](C#Cc1c(F)ccc2cccc(-c3nc(N(C)c4cnn(-c5ccncc5)c4)c4cnc(OC[C@@]56CCCN5C[C@H](F)C6)nc4c3F)c12)(C(C)C)C(C)C. The lowest BCUT2D eigenvalue weighted by Gasteiger charge is -2.38. The molecule has 2 aliphatic heterocycles. The fourth-order valence-electron chi connectivity index (χ4n) is 9.70. The first-order chi connectivity index (χ1) is 27.8. The molecule has 0 aliphatic carbocycles. The Kier molecular flexibility index (Phi) is 10.5. The molecule has 9 nitrogen and oxygen atoms in total. The molecule has 8 rings (SSSR count). The standard InChI is InChI=1S/C45H49F3N8OSi/c1-28(2)58(29(3)4,30(5)6)21-16-35-38(47)13-12-31-10-8-11-36(39(31)35)41-40(48)42-37(24-50-44(53-42)57-27-45-17-9-20-55(45)25-32(46)22-45)43(52-41)54(7)34-23-51-56(26-34)33-14-18-49-19-15-33/h8,10-15,18-19,23-24,26,28-30,32H,9,17,20,22,25,27H2,1-7H3/t32-,45+/m1/s1. The Labute approximate surface area is 338 Å². The average Bonchev–Trinajstić information content (AvgIpc) is 3.93. The molecule has 0 N–H and O–H groups in total. The average molecular weight is 803 g/mol. The molecule has 6 aromatic rings. The molecule has 300 valence electrons. The number of fused-ring (bicyclic) bond motifs is 3. The van der Waals surface area contributed by atoms with Crippen molar-refractivity contribution in [1.29, 1.82) is 0 Å². The monoisotopic (exact) mass is 802 g/mol. The largest absolute Gasteiger partial charge is 0.461 e. The van der Waals surface area contributed by atoms with E-state index in [4.69, 9.17) is 9.72 Å². The highest BCUT2D eigenvalue weighted by Crippen LogP contribution is 2.43. The Bertz CT molecular complexity index is 2530. The number of benzene rings is 2. The normalized spacial score (nSPS) is 18.4. The van der Waals surface area contributed by atoms with Gasteiger partial charge in [-0.05, 0) is 59.6 Å². The molecule has 0 amide bonds. The van der Waals surface area contributed by atoms with Crippen LogP contribution in [0.1, 0.15) is 66.4 Å². The second-order valence-corrected chi connectivity index (χ2v) is 22.3. The predicted molar refractivity (Wildman–Crippen MR) is 226 cm³/mol. The van der Waals surface area contributed by atoms with Gasteiger partial charge in [0.2, 0.25) is 0 Å². The zero-order valence-electron chi connectivity index (χ0n) is 34.1. The van der Waals surface area contributed by atoms with E-state index in [0.717, 1.165) is 25.1 Å². The Morgan fingerprint density at radius 1 is 0.983 bits per heavy atom. The van der Waals surface area contributed by atoms with Crippen LogP contribution < -0.4 is 9.64 Å².